The van der Waals surface area contributed by atoms with Crippen LogP contribution in [0, 0.1) is 11.3 Å². The minimum absolute atomic E-state index is 0.0580. The molecule has 0 fully saturated rings. The lowest BCUT2D eigenvalue weighted by molar-refractivity contribution is -0.137. The summed E-state index contributed by atoms with van der Waals surface area (Å²) in [5.41, 5.74) is 0.330. The lowest BCUT2D eigenvalue weighted by Crippen LogP contribution is -2.07. The van der Waals surface area contributed by atoms with Crippen LogP contribution >= 0.6 is 23.2 Å². The fourth-order valence-corrected chi connectivity index (χ4v) is 1.50. The summed E-state index contributed by atoms with van der Waals surface area (Å²) >= 11 is 11.7. The summed E-state index contributed by atoms with van der Waals surface area (Å²) in [6, 6.07) is 8.24. The molecule has 1 aromatic carbocycles. The molecule has 0 unspecified atom stereocenters. The zero-order chi connectivity index (χ0) is 12.8. The summed E-state index contributed by atoms with van der Waals surface area (Å²) in [5, 5.41) is 9.50. The number of halogens is 2. The van der Waals surface area contributed by atoms with Crippen LogP contribution in [0.1, 0.15) is 12.5 Å². The molecule has 3 nitrogen and oxygen atoms in total. The minimum Gasteiger partial charge on any atom is -0.462 e. The van der Waals surface area contributed by atoms with E-state index in [4.69, 9.17) is 33.2 Å². The molecular weight excluding hydrogens is 261 g/mol. The zero-order valence-electron chi connectivity index (χ0n) is 9.04. The van der Waals surface area contributed by atoms with Crippen LogP contribution in [0.15, 0.2) is 29.8 Å². The van der Waals surface area contributed by atoms with Gasteiger partial charge in [0.1, 0.15) is 6.07 Å². The van der Waals surface area contributed by atoms with Crippen LogP contribution in [-0.4, -0.2) is 12.6 Å². The van der Waals surface area contributed by atoms with Crippen molar-refractivity contribution in [1.29, 1.82) is 5.26 Å². The summed E-state index contributed by atoms with van der Waals surface area (Å²) in [7, 11) is 0. The quantitative estimate of drug-likeness (QED) is 0.480. The van der Waals surface area contributed by atoms with Gasteiger partial charge in [-0.15, -0.1) is 0 Å². The molecule has 5 heteroatoms. The Morgan fingerprint density at radius 3 is 2.47 bits per heavy atom. The Hall–Kier alpha value is -1.50. The Balaban J connectivity index is 3.13. The third-order valence-corrected chi connectivity index (χ3v) is 2.57. The van der Waals surface area contributed by atoms with Crippen LogP contribution in [0.4, 0.5) is 0 Å². The number of nitriles is 1. The summed E-state index contributed by atoms with van der Waals surface area (Å²) in [6.45, 7) is 1.85. The van der Waals surface area contributed by atoms with E-state index in [2.05, 4.69) is 0 Å². The third kappa shape index (κ3) is 3.48. The second-order valence-corrected chi connectivity index (χ2v) is 3.84. The van der Waals surface area contributed by atoms with Gasteiger partial charge >= 0.3 is 5.97 Å². The maximum absolute atomic E-state index is 11.4. The van der Waals surface area contributed by atoms with E-state index in [-0.39, 0.29) is 17.2 Å². The lowest BCUT2D eigenvalue weighted by Gasteiger charge is -2.04. The van der Waals surface area contributed by atoms with Crippen LogP contribution < -0.4 is 0 Å². The molecule has 0 saturated carbocycles. The van der Waals surface area contributed by atoms with Gasteiger partial charge < -0.3 is 4.74 Å². The molecule has 0 aliphatic heterocycles. The highest BCUT2D eigenvalue weighted by Crippen LogP contribution is 2.25. The van der Waals surface area contributed by atoms with Crippen molar-refractivity contribution in [3.63, 3.8) is 0 Å². The second kappa shape index (κ2) is 6.29. The zero-order valence-corrected chi connectivity index (χ0v) is 10.5. The number of rotatable bonds is 3. The SMILES string of the molecule is CCOC(=O)/C(C#N)=C(\Cl)c1ccc(Cl)cc1. The number of nitrogens with zero attached hydrogens (tertiary/aromatic N) is 1. The fraction of sp³-hybridized carbons (Fsp3) is 0.167. The number of carbonyl (C=O) groups excluding carboxylic acids is 1. The Labute approximate surface area is 109 Å². The van der Waals surface area contributed by atoms with E-state index in [1.807, 2.05) is 0 Å². The molecule has 88 valence electrons. The summed E-state index contributed by atoms with van der Waals surface area (Å²) < 4.78 is 4.73. The highest BCUT2D eigenvalue weighted by Gasteiger charge is 2.16. The van der Waals surface area contributed by atoms with Crippen LogP contribution in [0.25, 0.3) is 5.03 Å². The number of benzene rings is 1. The van der Waals surface area contributed by atoms with Gasteiger partial charge in [0.25, 0.3) is 0 Å². The molecule has 1 rings (SSSR count). The predicted octanol–water partition coefficient (Wildman–Crippen LogP) is 3.38. The number of esters is 1. The van der Waals surface area contributed by atoms with Gasteiger partial charge in [0.05, 0.1) is 11.6 Å². The summed E-state index contributed by atoms with van der Waals surface area (Å²) in [6.07, 6.45) is 0. The molecule has 0 heterocycles. The molecule has 0 bridgehead atoms. The maximum Gasteiger partial charge on any atom is 0.350 e. The van der Waals surface area contributed by atoms with Crippen LogP contribution in [0.2, 0.25) is 5.02 Å². The molecule has 17 heavy (non-hydrogen) atoms. The molecule has 0 atom stereocenters. The largest absolute Gasteiger partial charge is 0.462 e. The first-order chi connectivity index (χ1) is 8.10. The number of hydrogen-bond acceptors (Lipinski definition) is 3. The first kappa shape index (κ1) is 13.6. The van der Waals surface area contributed by atoms with Crippen molar-refractivity contribution in [3.8, 4) is 6.07 Å². The first-order valence-electron chi connectivity index (χ1n) is 4.83. The van der Waals surface area contributed by atoms with E-state index < -0.39 is 5.97 Å². The van der Waals surface area contributed by atoms with Gasteiger partial charge in [-0.05, 0) is 24.6 Å². The fourth-order valence-electron chi connectivity index (χ4n) is 1.13. The molecule has 0 saturated heterocycles. The van der Waals surface area contributed by atoms with Crippen LogP contribution in [0.5, 0.6) is 0 Å². The molecule has 0 radical (unpaired) electrons. The normalized spacial score (nSPS) is 11.4. The van der Waals surface area contributed by atoms with E-state index >= 15 is 0 Å². The van der Waals surface area contributed by atoms with Crippen molar-refractivity contribution in [2.45, 2.75) is 6.92 Å². The Kier molecular flexibility index (Phi) is 5.02. The Morgan fingerprint density at radius 2 is 2.00 bits per heavy atom. The smallest absolute Gasteiger partial charge is 0.350 e. The van der Waals surface area contributed by atoms with E-state index in [1.54, 1.807) is 37.3 Å². The van der Waals surface area contributed by atoms with Crippen molar-refractivity contribution in [1.82, 2.24) is 0 Å². The minimum atomic E-state index is -0.727. The highest BCUT2D eigenvalue weighted by atomic mass is 35.5. The Bertz CT molecular complexity index is 486. The number of hydrogen-bond donors (Lipinski definition) is 0. The molecule has 0 amide bonds. The molecule has 1 aromatic rings. The van der Waals surface area contributed by atoms with Crippen molar-refractivity contribution in [2.24, 2.45) is 0 Å². The molecule has 0 N–H and O–H groups in total. The van der Waals surface area contributed by atoms with Gasteiger partial charge in [-0.2, -0.15) is 5.26 Å². The molecule has 0 spiro atoms. The molecular formula is C12H9Cl2NO2. The van der Waals surface area contributed by atoms with Gasteiger partial charge in [0.2, 0.25) is 0 Å². The summed E-state index contributed by atoms with van der Waals surface area (Å²) in [4.78, 5) is 11.4. The van der Waals surface area contributed by atoms with Crippen molar-refractivity contribution in [3.05, 3.63) is 40.4 Å². The van der Waals surface area contributed by atoms with E-state index in [0.717, 1.165) is 0 Å². The average molecular weight is 270 g/mol. The van der Waals surface area contributed by atoms with E-state index in [9.17, 15) is 4.79 Å². The molecule has 0 aliphatic carbocycles. The van der Waals surface area contributed by atoms with Crippen LogP contribution in [-0.2, 0) is 9.53 Å². The Morgan fingerprint density at radius 1 is 1.41 bits per heavy atom. The second-order valence-electron chi connectivity index (χ2n) is 3.03. The number of carbonyl (C=O) groups is 1. The summed E-state index contributed by atoms with van der Waals surface area (Å²) in [5.74, 6) is -0.727. The highest BCUT2D eigenvalue weighted by molar-refractivity contribution is 6.51. The van der Waals surface area contributed by atoms with Gasteiger partial charge in [0.15, 0.2) is 5.57 Å². The maximum atomic E-state index is 11.4. The van der Waals surface area contributed by atoms with Gasteiger partial charge in [-0.3, -0.25) is 0 Å². The first-order valence-corrected chi connectivity index (χ1v) is 5.58. The predicted molar refractivity (Wildman–Crippen MR) is 66.5 cm³/mol. The third-order valence-electron chi connectivity index (χ3n) is 1.91. The van der Waals surface area contributed by atoms with E-state index in [1.165, 1.54) is 0 Å². The standard InChI is InChI=1S/C12H9Cl2NO2/c1-2-17-12(16)10(7-15)11(14)8-3-5-9(13)6-4-8/h3-6H,2H2,1H3/b11-10-. The number of ether oxygens (including phenoxy) is 1. The van der Waals surface area contributed by atoms with Crippen molar-refractivity contribution >= 4 is 34.2 Å². The topological polar surface area (TPSA) is 50.1 Å². The van der Waals surface area contributed by atoms with Crippen molar-refractivity contribution in [2.75, 3.05) is 6.61 Å². The van der Waals surface area contributed by atoms with Gasteiger partial charge in [-0.1, -0.05) is 35.3 Å². The lowest BCUT2D eigenvalue weighted by atomic mass is 10.1. The van der Waals surface area contributed by atoms with E-state index in [0.29, 0.717) is 10.6 Å². The molecule has 0 aromatic heterocycles. The average Bonchev–Trinajstić information content (AvgIpc) is 2.31. The van der Waals surface area contributed by atoms with Gasteiger partial charge in [-0.25, -0.2) is 4.79 Å². The molecule has 0 aliphatic rings. The van der Waals surface area contributed by atoms with Crippen LogP contribution in [0.3, 0.4) is 0 Å². The monoisotopic (exact) mass is 269 g/mol. The van der Waals surface area contributed by atoms with Gasteiger partial charge in [0, 0.05) is 5.02 Å². The van der Waals surface area contributed by atoms with Crippen molar-refractivity contribution < 1.29 is 9.53 Å².